The first-order chi connectivity index (χ1) is 13.3. The smallest absolute Gasteiger partial charge is 0.407 e. The summed E-state index contributed by atoms with van der Waals surface area (Å²) in [5.41, 5.74) is 2.28. The maximum absolute atomic E-state index is 11.3. The summed E-state index contributed by atoms with van der Waals surface area (Å²) in [6.45, 7) is -7.78. The molecule has 1 fully saturated rings. The molecule has 0 spiro atoms. The summed E-state index contributed by atoms with van der Waals surface area (Å²) in [7, 11) is 0. The van der Waals surface area contributed by atoms with Crippen molar-refractivity contribution in [2.75, 3.05) is 27.1 Å². The number of amides is 1. The van der Waals surface area contributed by atoms with Crippen molar-refractivity contribution >= 4 is 17.0 Å². The number of carbonyl (C=O) groups is 1. The van der Waals surface area contributed by atoms with Gasteiger partial charge >= 0.3 is 6.09 Å². The lowest BCUT2D eigenvalue weighted by Gasteiger charge is -2.09. The van der Waals surface area contributed by atoms with E-state index >= 15 is 0 Å². The average Bonchev–Trinajstić information content (AvgIpc) is 3.05. The van der Waals surface area contributed by atoms with Gasteiger partial charge in [-0.05, 0) is 50.1 Å². The van der Waals surface area contributed by atoms with Gasteiger partial charge in [0, 0.05) is 31.9 Å². The van der Waals surface area contributed by atoms with Crippen LogP contribution in [0.3, 0.4) is 0 Å². The minimum absolute atomic E-state index is 0.181. The Labute approximate surface area is 135 Å². The number of carbonyl (C=O) groups excluding carboxylic acids is 1. The van der Waals surface area contributed by atoms with Gasteiger partial charge in [0.1, 0.15) is 6.56 Å². The first kappa shape index (κ1) is 7.31. The Morgan fingerprint density at radius 2 is 2.43 bits per heavy atom. The van der Waals surface area contributed by atoms with Gasteiger partial charge in [-0.3, -0.25) is 0 Å². The Morgan fingerprint density at radius 3 is 3.19 bits per heavy atom. The minimum atomic E-state index is -2.74. The van der Waals surface area contributed by atoms with E-state index in [1.165, 1.54) is 0 Å². The number of H-pyrrole nitrogens is 1. The van der Waals surface area contributed by atoms with Gasteiger partial charge < -0.3 is 19.9 Å². The molecule has 21 heavy (non-hydrogen) atoms. The van der Waals surface area contributed by atoms with E-state index < -0.39 is 32.6 Å². The lowest BCUT2D eigenvalue weighted by Crippen LogP contribution is -2.28. The second kappa shape index (κ2) is 5.77. The number of hydrogen-bond donors (Lipinski definition) is 2. The van der Waals surface area contributed by atoms with Crippen LogP contribution in [-0.2, 0) is 17.6 Å². The van der Waals surface area contributed by atoms with Crippen LogP contribution < -0.4 is 5.32 Å². The number of rotatable bonds is 5. The molecule has 5 nitrogen and oxygen atoms in total. The van der Waals surface area contributed by atoms with Crippen molar-refractivity contribution in [2.24, 2.45) is 0 Å². The van der Waals surface area contributed by atoms with Gasteiger partial charge in [0.05, 0.1) is 8.78 Å². The highest BCUT2D eigenvalue weighted by Crippen LogP contribution is 2.21. The summed E-state index contributed by atoms with van der Waals surface area (Å²) in [5, 5.41) is 3.23. The fraction of sp³-hybridized carbons (Fsp3) is 0.438. The molecule has 1 aromatic carbocycles. The van der Waals surface area contributed by atoms with E-state index in [-0.39, 0.29) is 19.4 Å². The Morgan fingerprint density at radius 1 is 1.52 bits per heavy atom. The van der Waals surface area contributed by atoms with Crippen molar-refractivity contribution in [3.8, 4) is 0 Å². The summed E-state index contributed by atoms with van der Waals surface area (Å²) < 4.78 is 64.9. The van der Waals surface area contributed by atoms with Crippen LogP contribution in [0.5, 0.6) is 0 Å². The van der Waals surface area contributed by atoms with E-state index in [1.54, 1.807) is 18.3 Å². The summed E-state index contributed by atoms with van der Waals surface area (Å²) in [6, 6.07) is 4.57. The molecule has 2 heterocycles. The van der Waals surface area contributed by atoms with Crippen LogP contribution in [0.2, 0.25) is 0 Å². The number of ether oxygens (including phenoxy) is 1. The van der Waals surface area contributed by atoms with Crippen LogP contribution in [0.4, 0.5) is 4.79 Å². The molecule has 0 aliphatic carbocycles. The molecule has 0 unspecified atom stereocenters. The number of benzene rings is 1. The molecule has 112 valence electrons. The molecule has 0 radical (unpaired) electrons. The monoisotopic (exact) mass is 295 g/mol. The lowest BCUT2D eigenvalue weighted by molar-refractivity contribution is 0.177. The van der Waals surface area contributed by atoms with Gasteiger partial charge in [-0.15, -0.1) is 0 Å². The van der Waals surface area contributed by atoms with E-state index in [4.69, 9.17) is 11.0 Å². The second-order valence-electron chi connectivity index (χ2n) is 5.00. The van der Waals surface area contributed by atoms with Crippen molar-refractivity contribution in [1.82, 2.24) is 15.2 Å². The van der Waals surface area contributed by atoms with Gasteiger partial charge in [-0.1, -0.05) is 6.07 Å². The van der Waals surface area contributed by atoms with Gasteiger partial charge in [-0.25, -0.2) is 4.79 Å². The molecule has 1 aromatic heterocycles. The number of likely N-dealkylation sites (N-methyl/N-ethyl adjacent to an activating group) is 1. The zero-order valence-corrected chi connectivity index (χ0v) is 11.3. The van der Waals surface area contributed by atoms with Crippen molar-refractivity contribution in [3.05, 3.63) is 35.5 Å². The number of hydrogen-bond acceptors (Lipinski definition) is 3. The van der Waals surface area contributed by atoms with Crippen molar-refractivity contribution in [3.63, 3.8) is 0 Å². The zero-order valence-electron chi connectivity index (χ0n) is 19.3. The number of cyclic esters (lactones) is 1. The van der Waals surface area contributed by atoms with Crippen LogP contribution in [-0.4, -0.2) is 49.1 Å². The highest BCUT2D eigenvalue weighted by Gasteiger charge is 2.22. The van der Waals surface area contributed by atoms with Crippen LogP contribution in [0, 0.1) is 0 Å². The Hall–Kier alpha value is -2.01. The van der Waals surface area contributed by atoms with Crippen molar-refractivity contribution < 1.29 is 20.5 Å². The van der Waals surface area contributed by atoms with Crippen LogP contribution in [0.25, 0.3) is 10.9 Å². The first-order valence-corrected chi connectivity index (χ1v) is 6.63. The number of alkyl carbamates (subject to hydrolysis) is 1. The number of aromatic nitrogens is 1. The summed E-state index contributed by atoms with van der Waals surface area (Å²) >= 11 is 0. The molecular weight excluding hydrogens is 266 g/mol. The minimum Gasteiger partial charge on any atom is -0.447 e. The molecule has 5 heteroatoms. The summed E-state index contributed by atoms with van der Waals surface area (Å²) in [5.74, 6) is 0. The number of fused-ring (bicyclic) bond motifs is 1. The van der Waals surface area contributed by atoms with Crippen molar-refractivity contribution in [1.29, 1.82) is 0 Å². The van der Waals surface area contributed by atoms with Gasteiger partial charge in [0.2, 0.25) is 0 Å². The van der Waals surface area contributed by atoms with Crippen LogP contribution >= 0.6 is 0 Å². The quantitative estimate of drug-likeness (QED) is 0.886. The zero-order chi connectivity index (χ0) is 21.6. The summed E-state index contributed by atoms with van der Waals surface area (Å²) in [4.78, 5) is 14.9. The predicted molar refractivity (Wildman–Crippen MR) is 82.5 cm³/mol. The topological polar surface area (TPSA) is 57.4 Å². The molecule has 1 atom stereocenters. The third kappa shape index (κ3) is 3.19. The lowest BCUT2D eigenvalue weighted by atomic mass is 10.0. The molecule has 2 aromatic rings. The molecule has 2 N–H and O–H groups in total. The Balaban J connectivity index is 1.80. The highest BCUT2D eigenvalue weighted by molar-refractivity contribution is 5.84. The fourth-order valence-corrected chi connectivity index (χ4v) is 2.45. The Bertz CT molecular complexity index is 892. The number of nitrogens with zero attached hydrogens (tertiary/aromatic N) is 1. The largest absolute Gasteiger partial charge is 0.447 e. The third-order valence-electron chi connectivity index (χ3n) is 3.46. The van der Waals surface area contributed by atoms with Crippen LogP contribution in [0.1, 0.15) is 22.1 Å². The van der Waals surface area contributed by atoms with Crippen molar-refractivity contribution in [2.45, 2.75) is 18.9 Å². The molecule has 0 bridgehead atoms. The maximum Gasteiger partial charge on any atom is 0.407 e. The predicted octanol–water partition coefficient (Wildman–Crippen LogP) is 1.92. The van der Waals surface area contributed by atoms with Gasteiger partial charge in [-0.2, -0.15) is 0 Å². The van der Waals surface area contributed by atoms with Crippen LogP contribution in [0.15, 0.2) is 24.4 Å². The van der Waals surface area contributed by atoms with E-state index in [0.717, 1.165) is 22.0 Å². The van der Waals surface area contributed by atoms with E-state index in [9.17, 15) is 4.79 Å². The number of nitrogens with one attached hydrogen (secondary N) is 2. The van der Waals surface area contributed by atoms with E-state index in [2.05, 4.69) is 15.0 Å². The Kier molecular flexibility index (Phi) is 2.01. The molecular formula is C16H21N3O2. The first-order valence-electron chi connectivity index (χ1n) is 10.6. The van der Waals surface area contributed by atoms with Gasteiger partial charge in [0.15, 0.2) is 0 Å². The summed E-state index contributed by atoms with van der Waals surface area (Å²) in [6.07, 6.45) is 1.30. The fourth-order valence-electron chi connectivity index (χ4n) is 2.45. The standard InChI is InChI=1S/C16H21N3O2/c1-19(2)6-5-12-9-17-15-4-3-11(8-14(12)15)7-13-10-21-16(20)18-13/h3-4,8-9,13,17H,5-7,10H2,1-2H3,(H,18,20)/t13-/m0/s1/i1D3,2D3,10D2. The normalized spacial score (nSPS) is 27.5. The molecule has 1 amide bonds. The highest BCUT2D eigenvalue weighted by atomic mass is 16.6. The van der Waals surface area contributed by atoms with Gasteiger partial charge in [0.25, 0.3) is 0 Å². The molecule has 1 aliphatic heterocycles. The average molecular weight is 295 g/mol. The molecule has 3 rings (SSSR count). The molecule has 1 saturated heterocycles. The van der Waals surface area contributed by atoms with E-state index in [0.29, 0.717) is 4.90 Å². The third-order valence-corrected chi connectivity index (χ3v) is 3.46. The molecule has 1 aliphatic rings. The SMILES string of the molecule is [2H]C1([2H])OC(=O)N[C@H]1Cc1ccc2[nH]cc(CCN(C([2H])([2H])[2H])C([2H])([2H])[2H])c2c1. The number of aromatic amines is 1. The molecule has 0 saturated carbocycles. The maximum atomic E-state index is 11.3. The second-order valence-corrected chi connectivity index (χ2v) is 5.00. The van der Waals surface area contributed by atoms with E-state index in [1.807, 2.05) is 6.07 Å².